The van der Waals surface area contributed by atoms with E-state index in [0.717, 1.165) is 22.4 Å². The largest absolute Gasteiger partial charge is 0.496 e. The molecule has 2 rings (SSSR count). The van der Waals surface area contributed by atoms with Crippen molar-refractivity contribution in [2.75, 3.05) is 7.11 Å². The fourth-order valence-electron chi connectivity index (χ4n) is 2.08. The van der Waals surface area contributed by atoms with Gasteiger partial charge in [0.2, 0.25) is 0 Å². The Labute approximate surface area is 113 Å². The van der Waals surface area contributed by atoms with Crippen LogP contribution in [0.15, 0.2) is 36.4 Å². The number of hydrogen-bond donors (Lipinski definition) is 1. The molecular formula is C16H18FNO. The molecule has 0 fully saturated rings. The first-order chi connectivity index (χ1) is 9.02. The SMILES string of the molecule is COc1cc(C(N)c2ccc(F)c(C)c2)ccc1C. The lowest BCUT2D eigenvalue weighted by molar-refractivity contribution is 0.411. The van der Waals surface area contributed by atoms with Crippen molar-refractivity contribution in [3.8, 4) is 5.75 Å². The third kappa shape index (κ3) is 2.76. The van der Waals surface area contributed by atoms with Gasteiger partial charge in [-0.05, 0) is 48.2 Å². The number of benzene rings is 2. The molecule has 0 amide bonds. The van der Waals surface area contributed by atoms with Crippen LogP contribution in [0, 0.1) is 19.7 Å². The average Bonchev–Trinajstić information content (AvgIpc) is 2.41. The molecule has 3 heteroatoms. The Morgan fingerprint density at radius 3 is 2.26 bits per heavy atom. The molecule has 1 atom stereocenters. The molecule has 0 heterocycles. The zero-order valence-electron chi connectivity index (χ0n) is 11.4. The van der Waals surface area contributed by atoms with E-state index in [1.807, 2.05) is 25.1 Å². The third-order valence-corrected chi connectivity index (χ3v) is 3.33. The van der Waals surface area contributed by atoms with Gasteiger partial charge in [0.25, 0.3) is 0 Å². The second kappa shape index (κ2) is 5.41. The van der Waals surface area contributed by atoms with Crippen molar-refractivity contribution >= 4 is 0 Å². The van der Waals surface area contributed by atoms with Gasteiger partial charge >= 0.3 is 0 Å². The number of nitrogens with two attached hydrogens (primary N) is 1. The van der Waals surface area contributed by atoms with E-state index in [1.165, 1.54) is 6.07 Å². The summed E-state index contributed by atoms with van der Waals surface area (Å²) in [5.41, 5.74) is 9.74. The van der Waals surface area contributed by atoms with E-state index >= 15 is 0 Å². The zero-order chi connectivity index (χ0) is 14.0. The molecule has 19 heavy (non-hydrogen) atoms. The van der Waals surface area contributed by atoms with Gasteiger partial charge < -0.3 is 10.5 Å². The van der Waals surface area contributed by atoms with Crippen molar-refractivity contribution in [3.63, 3.8) is 0 Å². The molecule has 1 unspecified atom stereocenters. The van der Waals surface area contributed by atoms with Crippen LogP contribution in [-0.2, 0) is 0 Å². The molecule has 2 nitrogen and oxygen atoms in total. The minimum absolute atomic E-state index is 0.211. The lowest BCUT2D eigenvalue weighted by Crippen LogP contribution is -2.12. The average molecular weight is 259 g/mol. The third-order valence-electron chi connectivity index (χ3n) is 3.33. The summed E-state index contributed by atoms with van der Waals surface area (Å²) in [7, 11) is 1.64. The van der Waals surface area contributed by atoms with Crippen LogP contribution in [0.5, 0.6) is 5.75 Å². The quantitative estimate of drug-likeness (QED) is 0.915. The summed E-state index contributed by atoms with van der Waals surface area (Å²) in [5, 5.41) is 0. The van der Waals surface area contributed by atoms with Crippen molar-refractivity contribution in [1.82, 2.24) is 0 Å². The van der Waals surface area contributed by atoms with E-state index in [9.17, 15) is 4.39 Å². The highest BCUT2D eigenvalue weighted by molar-refractivity contribution is 5.41. The summed E-state index contributed by atoms with van der Waals surface area (Å²) in [4.78, 5) is 0. The molecule has 2 N–H and O–H groups in total. The van der Waals surface area contributed by atoms with Gasteiger partial charge in [0.15, 0.2) is 0 Å². The van der Waals surface area contributed by atoms with Crippen LogP contribution in [0.1, 0.15) is 28.3 Å². The summed E-state index contributed by atoms with van der Waals surface area (Å²) in [6, 6.07) is 10.6. The van der Waals surface area contributed by atoms with Crippen LogP contribution in [0.4, 0.5) is 4.39 Å². The van der Waals surface area contributed by atoms with Crippen molar-refractivity contribution < 1.29 is 9.13 Å². The highest BCUT2D eigenvalue weighted by Crippen LogP contribution is 2.26. The van der Waals surface area contributed by atoms with E-state index in [0.29, 0.717) is 5.56 Å². The smallest absolute Gasteiger partial charge is 0.126 e. The van der Waals surface area contributed by atoms with Gasteiger partial charge in [-0.15, -0.1) is 0 Å². The van der Waals surface area contributed by atoms with Gasteiger partial charge in [-0.25, -0.2) is 4.39 Å². The number of rotatable bonds is 3. The molecule has 0 spiro atoms. The maximum absolute atomic E-state index is 13.3. The molecule has 2 aromatic rings. The number of halogens is 1. The maximum atomic E-state index is 13.3. The van der Waals surface area contributed by atoms with Crippen LogP contribution in [-0.4, -0.2) is 7.11 Å². The molecule has 100 valence electrons. The number of aryl methyl sites for hydroxylation is 2. The lowest BCUT2D eigenvalue weighted by atomic mass is 9.97. The topological polar surface area (TPSA) is 35.2 Å². The van der Waals surface area contributed by atoms with Crippen LogP contribution in [0.25, 0.3) is 0 Å². The second-order valence-electron chi connectivity index (χ2n) is 4.72. The monoisotopic (exact) mass is 259 g/mol. The van der Waals surface area contributed by atoms with Crippen LogP contribution in [0.2, 0.25) is 0 Å². The summed E-state index contributed by atoms with van der Waals surface area (Å²) in [5.74, 6) is 0.601. The van der Waals surface area contributed by atoms with Gasteiger partial charge in [0.1, 0.15) is 11.6 Å². The summed E-state index contributed by atoms with van der Waals surface area (Å²) in [6.07, 6.45) is 0. The summed E-state index contributed by atoms with van der Waals surface area (Å²) in [6.45, 7) is 3.72. The normalized spacial score (nSPS) is 12.3. The zero-order valence-corrected chi connectivity index (χ0v) is 11.4. The molecule has 0 saturated heterocycles. The summed E-state index contributed by atoms with van der Waals surface area (Å²) >= 11 is 0. The van der Waals surface area contributed by atoms with Gasteiger partial charge in [0, 0.05) is 0 Å². The van der Waals surface area contributed by atoms with Gasteiger partial charge in [0.05, 0.1) is 13.2 Å². The summed E-state index contributed by atoms with van der Waals surface area (Å²) < 4.78 is 18.6. The molecule has 0 saturated carbocycles. The molecule has 0 radical (unpaired) electrons. The Kier molecular flexibility index (Phi) is 3.86. The predicted octanol–water partition coefficient (Wildman–Crippen LogP) is 3.50. The fourth-order valence-corrected chi connectivity index (χ4v) is 2.08. The Morgan fingerprint density at radius 2 is 1.63 bits per heavy atom. The van der Waals surface area contributed by atoms with E-state index < -0.39 is 0 Å². The second-order valence-corrected chi connectivity index (χ2v) is 4.72. The van der Waals surface area contributed by atoms with E-state index in [1.54, 1.807) is 26.2 Å². The molecular weight excluding hydrogens is 241 g/mol. The van der Waals surface area contributed by atoms with Gasteiger partial charge in [-0.1, -0.05) is 24.3 Å². The van der Waals surface area contributed by atoms with Crippen LogP contribution in [0.3, 0.4) is 0 Å². The Morgan fingerprint density at radius 1 is 1.00 bits per heavy atom. The highest BCUT2D eigenvalue weighted by atomic mass is 19.1. The fraction of sp³-hybridized carbons (Fsp3) is 0.250. The number of methoxy groups -OCH3 is 1. The van der Waals surface area contributed by atoms with Gasteiger partial charge in [-0.2, -0.15) is 0 Å². The lowest BCUT2D eigenvalue weighted by Gasteiger charge is -2.15. The van der Waals surface area contributed by atoms with Gasteiger partial charge in [-0.3, -0.25) is 0 Å². The van der Waals surface area contributed by atoms with Crippen molar-refractivity contribution in [3.05, 3.63) is 64.5 Å². The van der Waals surface area contributed by atoms with Crippen LogP contribution < -0.4 is 10.5 Å². The molecule has 0 aromatic heterocycles. The Bertz CT molecular complexity index is 595. The first kappa shape index (κ1) is 13.6. The first-order valence-corrected chi connectivity index (χ1v) is 6.19. The van der Waals surface area contributed by atoms with E-state index in [4.69, 9.17) is 10.5 Å². The molecule has 0 aliphatic rings. The molecule has 0 aliphatic heterocycles. The number of ether oxygens (including phenoxy) is 1. The van der Waals surface area contributed by atoms with E-state index in [2.05, 4.69) is 0 Å². The van der Waals surface area contributed by atoms with E-state index in [-0.39, 0.29) is 11.9 Å². The van der Waals surface area contributed by atoms with Crippen molar-refractivity contribution in [2.45, 2.75) is 19.9 Å². The minimum Gasteiger partial charge on any atom is -0.496 e. The Balaban J connectivity index is 2.37. The van der Waals surface area contributed by atoms with Crippen molar-refractivity contribution in [1.29, 1.82) is 0 Å². The highest BCUT2D eigenvalue weighted by Gasteiger charge is 2.12. The Hall–Kier alpha value is -1.87. The molecule has 2 aromatic carbocycles. The van der Waals surface area contributed by atoms with Crippen molar-refractivity contribution in [2.24, 2.45) is 5.73 Å². The maximum Gasteiger partial charge on any atom is 0.126 e. The first-order valence-electron chi connectivity index (χ1n) is 6.19. The molecule has 0 aliphatic carbocycles. The van der Waals surface area contributed by atoms with Crippen LogP contribution >= 0.6 is 0 Å². The standard InChI is InChI=1S/C16H18FNO/c1-10-4-5-13(9-15(10)19-3)16(18)12-6-7-14(17)11(2)8-12/h4-9,16H,18H2,1-3H3. The minimum atomic E-state index is -0.284. The molecule has 0 bridgehead atoms. The predicted molar refractivity (Wildman–Crippen MR) is 74.9 cm³/mol. The number of hydrogen-bond acceptors (Lipinski definition) is 2.